The molecule has 0 aromatic carbocycles. The number of carbonyl (C=O) groups excluding carboxylic acids is 1. The number of hydrogen-bond acceptors (Lipinski definition) is 3. The minimum absolute atomic E-state index is 0.0710. The standard InChI is InChI=1S/C11H16N4O/c1-9(2)15(6-4-5-12)11(16)10-7-13-14(3)8-10/h7-9H,4,6H2,1-3H3. The van der Waals surface area contributed by atoms with Gasteiger partial charge in [0.15, 0.2) is 0 Å². The van der Waals surface area contributed by atoms with Gasteiger partial charge in [-0.3, -0.25) is 9.48 Å². The van der Waals surface area contributed by atoms with Crippen LogP contribution in [-0.4, -0.2) is 33.2 Å². The molecular formula is C11H16N4O. The van der Waals surface area contributed by atoms with Crippen LogP contribution in [0.4, 0.5) is 0 Å². The van der Waals surface area contributed by atoms with Gasteiger partial charge in [0.2, 0.25) is 0 Å². The molecule has 0 aliphatic rings. The van der Waals surface area contributed by atoms with Gasteiger partial charge < -0.3 is 4.90 Å². The van der Waals surface area contributed by atoms with Crippen molar-refractivity contribution in [2.45, 2.75) is 26.3 Å². The third kappa shape index (κ3) is 2.83. The Balaban J connectivity index is 2.79. The highest BCUT2D eigenvalue weighted by Crippen LogP contribution is 2.08. The second kappa shape index (κ2) is 5.31. The summed E-state index contributed by atoms with van der Waals surface area (Å²) in [5, 5.41) is 12.5. The Morgan fingerprint density at radius 3 is 2.81 bits per heavy atom. The van der Waals surface area contributed by atoms with E-state index in [0.717, 1.165) is 0 Å². The van der Waals surface area contributed by atoms with E-state index >= 15 is 0 Å². The average Bonchev–Trinajstić information content (AvgIpc) is 2.64. The fourth-order valence-electron chi connectivity index (χ4n) is 1.46. The van der Waals surface area contributed by atoms with Gasteiger partial charge in [-0.25, -0.2) is 0 Å². The fraction of sp³-hybridized carbons (Fsp3) is 0.545. The number of aromatic nitrogens is 2. The Morgan fingerprint density at radius 2 is 2.38 bits per heavy atom. The maximum Gasteiger partial charge on any atom is 0.257 e. The first-order valence-corrected chi connectivity index (χ1v) is 5.22. The third-order valence-electron chi connectivity index (χ3n) is 2.30. The summed E-state index contributed by atoms with van der Waals surface area (Å²) < 4.78 is 1.59. The van der Waals surface area contributed by atoms with Crippen molar-refractivity contribution >= 4 is 5.91 Å². The van der Waals surface area contributed by atoms with Crippen molar-refractivity contribution in [1.82, 2.24) is 14.7 Å². The number of hydrogen-bond donors (Lipinski definition) is 0. The molecule has 0 aliphatic heterocycles. The molecule has 5 nitrogen and oxygen atoms in total. The highest BCUT2D eigenvalue weighted by molar-refractivity contribution is 5.93. The molecule has 1 heterocycles. The highest BCUT2D eigenvalue weighted by atomic mass is 16.2. The van der Waals surface area contributed by atoms with Crippen LogP contribution in [0.1, 0.15) is 30.6 Å². The Kier molecular flexibility index (Phi) is 4.06. The molecule has 0 N–H and O–H groups in total. The summed E-state index contributed by atoms with van der Waals surface area (Å²) in [6.07, 6.45) is 3.58. The largest absolute Gasteiger partial charge is 0.335 e. The zero-order valence-corrected chi connectivity index (χ0v) is 9.84. The maximum atomic E-state index is 12.1. The SMILES string of the molecule is CC(C)N(CCC#N)C(=O)c1cnn(C)c1. The summed E-state index contributed by atoms with van der Waals surface area (Å²) in [6, 6.07) is 2.13. The minimum Gasteiger partial charge on any atom is -0.335 e. The molecule has 0 radical (unpaired) electrons. The molecule has 0 fully saturated rings. The Bertz CT molecular complexity index is 402. The van der Waals surface area contributed by atoms with E-state index in [1.165, 1.54) is 0 Å². The van der Waals surface area contributed by atoms with Crippen molar-refractivity contribution in [3.63, 3.8) is 0 Å². The van der Waals surface area contributed by atoms with Crippen molar-refractivity contribution in [3.05, 3.63) is 18.0 Å². The van der Waals surface area contributed by atoms with Crippen LogP contribution in [0.25, 0.3) is 0 Å². The van der Waals surface area contributed by atoms with Crippen LogP contribution >= 0.6 is 0 Å². The van der Waals surface area contributed by atoms with E-state index in [0.29, 0.717) is 18.5 Å². The quantitative estimate of drug-likeness (QED) is 0.765. The van der Waals surface area contributed by atoms with Crippen molar-refractivity contribution in [2.75, 3.05) is 6.54 Å². The van der Waals surface area contributed by atoms with Gasteiger partial charge in [-0.05, 0) is 13.8 Å². The van der Waals surface area contributed by atoms with Crippen LogP contribution in [0.3, 0.4) is 0 Å². The minimum atomic E-state index is -0.0710. The van der Waals surface area contributed by atoms with Gasteiger partial charge in [0.25, 0.3) is 5.91 Å². The van der Waals surface area contributed by atoms with Crippen LogP contribution < -0.4 is 0 Å². The number of amides is 1. The van der Waals surface area contributed by atoms with Crippen molar-refractivity contribution in [3.8, 4) is 6.07 Å². The smallest absolute Gasteiger partial charge is 0.257 e. The molecule has 0 bridgehead atoms. The zero-order valence-electron chi connectivity index (χ0n) is 9.84. The number of rotatable bonds is 4. The number of carbonyl (C=O) groups is 1. The summed E-state index contributed by atoms with van der Waals surface area (Å²) >= 11 is 0. The predicted octanol–water partition coefficient (Wildman–Crippen LogP) is 1.18. The molecule has 0 atom stereocenters. The van der Waals surface area contributed by atoms with Crippen LogP contribution in [0.15, 0.2) is 12.4 Å². The average molecular weight is 220 g/mol. The molecule has 0 unspecified atom stereocenters. The molecule has 1 aromatic rings. The van der Waals surface area contributed by atoms with Crippen molar-refractivity contribution in [1.29, 1.82) is 5.26 Å². The summed E-state index contributed by atoms with van der Waals surface area (Å²) in [7, 11) is 1.77. The van der Waals surface area contributed by atoms with Gasteiger partial charge >= 0.3 is 0 Å². The first kappa shape index (κ1) is 12.2. The molecule has 1 rings (SSSR count). The van der Waals surface area contributed by atoms with Crippen LogP contribution in [0.5, 0.6) is 0 Å². The predicted molar refractivity (Wildman–Crippen MR) is 59.6 cm³/mol. The van der Waals surface area contributed by atoms with E-state index in [1.807, 2.05) is 19.9 Å². The molecule has 5 heteroatoms. The maximum absolute atomic E-state index is 12.1. The Labute approximate surface area is 95.3 Å². The number of nitriles is 1. The van der Waals surface area contributed by atoms with Gasteiger partial charge in [-0.1, -0.05) is 0 Å². The molecule has 0 aliphatic carbocycles. The molecule has 1 aromatic heterocycles. The molecule has 86 valence electrons. The molecule has 0 spiro atoms. The van der Waals surface area contributed by atoms with Crippen LogP contribution in [-0.2, 0) is 7.05 Å². The fourth-order valence-corrected chi connectivity index (χ4v) is 1.46. The van der Waals surface area contributed by atoms with Crippen molar-refractivity contribution < 1.29 is 4.79 Å². The molecule has 16 heavy (non-hydrogen) atoms. The summed E-state index contributed by atoms with van der Waals surface area (Å²) in [5.41, 5.74) is 0.564. The van der Waals surface area contributed by atoms with Crippen LogP contribution in [0.2, 0.25) is 0 Å². The lowest BCUT2D eigenvalue weighted by Gasteiger charge is -2.25. The van der Waals surface area contributed by atoms with E-state index in [9.17, 15) is 4.79 Å². The molecule has 1 amide bonds. The molecule has 0 saturated heterocycles. The van der Waals surface area contributed by atoms with E-state index in [-0.39, 0.29) is 11.9 Å². The summed E-state index contributed by atoms with van der Waals surface area (Å²) in [4.78, 5) is 13.7. The Morgan fingerprint density at radius 1 is 1.69 bits per heavy atom. The molecule has 0 saturated carbocycles. The van der Waals surface area contributed by atoms with Crippen molar-refractivity contribution in [2.24, 2.45) is 7.05 Å². The van der Waals surface area contributed by atoms with Gasteiger partial charge in [-0.2, -0.15) is 10.4 Å². The van der Waals surface area contributed by atoms with Crippen LogP contribution in [0, 0.1) is 11.3 Å². The lowest BCUT2D eigenvalue weighted by atomic mass is 10.2. The van der Waals surface area contributed by atoms with Gasteiger partial charge in [0, 0.05) is 25.8 Å². The monoisotopic (exact) mass is 220 g/mol. The Hall–Kier alpha value is -1.83. The number of aryl methyl sites for hydroxylation is 1. The van der Waals surface area contributed by atoms with Gasteiger partial charge in [0.1, 0.15) is 0 Å². The van der Waals surface area contributed by atoms with E-state index in [1.54, 1.807) is 29.0 Å². The van der Waals surface area contributed by atoms with Gasteiger partial charge in [0.05, 0.1) is 24.3 Å². The summed E-state index contributed by atoms with van der Waals surface area (Å²) in [6.45, 7) is 4.33. The first-order valence-electron chi connectivity index (χ1n) is 5.22. The highest BCUT2D eigenvalue weighted by Gasteiger charge is 2.19. The topological polar surface area (TPSA) is 61.9 Å². The first-order chi connectivity index (χ1) is 7.56. The third-order valence-corrected chi connectivity index (χ3v) is 2.30. The zero-order chi connectivity index (χ0) is 12.1. The normalized spacial score (nSPS) is 10.2. The van der Waals surface area contributed by atoms with Gasteiger partial charge in [-0.15, -0.1) is 0 Å². The second-order valence-electron chi connectivity index (χ2n) is 3.90. The lowest BCUT2D eigenvalue weighted by Crippen LogP contribution is -2.37. The van der Waals surface area contributed by atoms with E-state index < -0.39 is 0 Å². The lowest BCUT2D eigenvalue weighted by molar-refractivity contribution is 0.0710. The summed E-state index contributed by atoms with van der Waals surface area (Å²) in [5.74, 6) is -0.0710. The van der Waals surface area contributed by atoms with E-state index in [2.05, 4.69) is 5.10 Å². The van der Waals surface area contributed by atoms with E-state index in [4.69, 9.17) is 5.26 Å². The second-order valence-corrected chi connectivity index (χ2v) is 3.90. The number of nitrogens with zero attached hydrogens (tertiary/aromatic N) is 4. The molecular weight excluding hydrogens is 204 g/mol.